The SMILES string of the molecule is CC(=O)OC1CC2C(C3OC3C3(O)CC4OC4C(OC(C)=O)C23C)C2CCC(C(C)C3CC(C)(O)C(C)(O)C(=O)O3)C12C. The molecule has 0 aromatic heterocycles. The molecule has 0 amide bonds. The van der Waals surface area contributed by atoms with Gasteiger partial charge in [-0.05, 0) is 62.7 Å². The Morgan fingerprint density at radius 2 is 1.60 bits per heavy atom. The van der Waals surface area contributed by atoms with Crippen molar-refractivity contribution in [2.75, 3.05) is 0 Å². The van der Waals surface area contributed by atoms with Gasteiger partial charge in [0.25, 0.3) is 0 Å². The lowest BCUT2D eigenvalue weighted by atomic mass is 9.41. The summed E-state index contributed by atoms with van der Waals surface area (Å²) in [6, 6.07) is 0. The molecular weight excluding hydrogens is 560 g/mol. The minimum absolute atomic E-state index is 0.0235. The van der Waals surface area contributed by atoms with Crippen LogP contribution in [0.2, 0.25) is 0 Å². The van der Waals surface area contributed by atoms with E-state index in [2.05, 4.69) is 6.92 Å². The number of esters is 3. The molecule has 3 aliphatic heterocycles. The Kier molecular flexibility index (Phi) is 6.21. The largest absolute Gasteiger partial charge is 0.462 e. The molecule has 17 unspecified atom stereocenters. The number of cyclic esters (lactones) is 1. The second-order valence-corrected chi connectivity index (χ2v) is 15.6. The highest BCUT2D eigenvalue weighted by Gasteiger charge is 2.83. The lowest BCUT2D eigenvalue weighted by molar-refractivity contribution is -0.252. The first-order valence-corrected chi connectivity index (χ1v) is 15.9. The predicted octanol–water partition coefficient (Wildman–Crippen LogP) is 1.66. The van der Waals surface area contributed by atoms with Crippen LogP contribution in [-0.2, 0) is 38.1 Å². The Morgan fingerprint density at radius 1 is 0.930 bits per heavy atom. The standard InChI is InChI=1S/C32H46O11/c1-13(19-11-28(4,36)31(7,37)27(35)42-19)16-8-9-17-22-18(10-21(29(16,17)5)39-14(2)33)30(6)25(40-15(3)34)23-20(41-23)12-32(30,38)26-24(22)43-26/h13,16-26,36-38H,8-12H2,1-7H3. The highest BCUT2D eigenvalue weighted by atomic mass is 16.6. The topological polar surface area (TPSA) is 165 Å². The van der Waals surface area contributed by atoms with Crippen molar-refractivity contribution in [3.63, 3.8) is 0 Å². The summed E-state index contributed by atoms with van der Waals surface area (Å²) in [5, 5.41) is 34.1. The third kappa shape index (κ3) is 3.74. The second kappa shape index (κ2) is 8.93. The number of epoxide rings is 2. The number of ether oxygens (including phenoxy) is 5. The van der Waals surface area contributed by atoms with Gasteiger partial charge in [0.1, 0.15) is 41.7 Å². The van der Waals surface area contributed by atoms with Gasteiger partial charge < -0.3 is 39.0 Å². The van der Waals surface area contributed by atoms with E-state index in [9.17, 15) is 29.7 Å². The molecule has 0 bridgehead atoms. The molecule has 3 N–H and O–H groups in total. The zero-order chi connectivity index (χ0) is 31.2. The molecule has 43 heavy (non-hydrogen) atoms. The summed E-state index contributed by atoms with van der Waals surface area (Å²) in [6.45, 7) is 11.7. The van der Waals surface area contributed by atoms with Crippen LogP contribution in [0.3, 0.4) is 0 Å². The first-order chi connectivity index (χ1) is 19.9. The first-order valence-electron chi connectivity index (χ1n) is 15.9. The van der Waals surface area contributed by atoms with Crippen LogP contribution in [0.1, 0.15) is 80.6 Å². The van der Waals surface area contributed by atoms with Crippen molar-refractivity contribution in [1.29, 1.82) is 0 Å². The molecule has 240 valence electrons. The fraction of sp³-hybridized carbons (Fsp3) is 0.906. The Labute approximate surface area is 251 Å². The molecule has 11 nitrogen and oxygen atoms in total. The number of hydrogen-bond donors (Lipinski definition) is 3. The van der Waals surface area contributed by atoms with E-state index in [1.807, 2.05) is 13.8 Å². The van der Waals surface area contributed by atoms with Crippen LogP contribution in [0.5, 0.6) is 0 Å². The van der Waals surface area contributed by atoms with Crippen molar-refractivity contribution in [3.05, 3.63) is 0 Å². The maximum Gasteiger partial charge on any atom is 0.341 e. The van der Waals surface area contributed by atoms with Crippen LogP contribution < -0.4 is 0 Å². The van der Waals surface area contributed by atoms with Crippen LogP contribution in [0.15, 0.2) is 0 Å². The van der Waals surface area contributed by atoms with Gasteiger partial charge in [0.15, 0.2) is 5.60 Å². The fourth-order valence-corrected chi connectivity index (χ4v) is 11.1. The van der Waals surface area contributed by atoms with Gasteiger partial charge in [0.05, 0.1) is 12.2 Å². The third-order valence-electron chi connectivity index (χ3n) is 13.7. The Balaban J connectivity index is 1.26. The molecule has 4 aliphatic carbocycles. The van der Waals surface area contributed by atoms with Crippen LogP contribution >= 0.6 is 0 Å². The number of rotatable bonds is 4. The molecule has 0 spiro atoms. The number of carbonyl (C=O) groups excluding carboxylic acids is 3. The average molecular weight is 607 g/mol. The van der Waals surface area contributed by atoms with E-state index in [0.717, 1.165) is 12.8 Å². The molecule has 4 saturated carbocycles. The van der Waals surface area contributed by atoms with Gasteiger partial charge in [0.2, 0.25) is 0 Å². The highest BCUT2D eigenvalue weighted by Crippen LogP contribution is 2.74. The monoisotopic (exact) mass is 606 g/mol. The lowest BCUT2D eigenvalue weighted by Gasteiger charge is -2.64. The third-order valence-corrected chi connectivity index (χ3v) is 13.7. The Morgan fingerprint density at radius 3 is 2.23 bits per heavy atom. The zero-order valence-electron chi connectivity index (χ0n) is 26.1. The maximum atomic E-state index is 12.8. The molecule has 0 radical (unpaired) electrons. The van der Waals surface area contributed by atoms with Gasteiger partial charge >= 0.3 is 17.9 Å². The normalized spacial score (nSPS) is 58.4. The minimum atomic E-state index is -2.01. The first kappa shape index (κ1) is 29.9. The van der Waals surface area contributed by atoms with Crippen molar-refractivity contribution in [2.24, 2.45) is 40.4 Å². The van der Waals surface area contributed by atoms with Gasteiger partial charge in [-0.1, -0.05) is 20.8 Å². The van der Waals surface area contributed by atoms with Crippen molar-refractivity contribution in [1.82, 2.24) is 0 Å². The number of fused-ring (bicyclic) bond motifs is 9. The van der Waals surface area contributed by atoms with E-state index < -0.39 is 70.0 Å². The summed E-state index contributed by atoms with van der Waals surface area (Å²) in [4.78, 5) is 37.8. The van der Waals surface area contributed by atoms with E-state index >= 15 is 0 Å². The van der Waals surface area contributed by atoms with Gasteiger partial charge in [-0.15, -0.1) is 0 Å². The van der Waals surface area contributed by atoms with E-state index in [1.165, 1.54) is 27.7 Å². The summed E-state index contributed by atoms with van der Waals surface area (Å²) in [5.74, 6) is -1.99. The maximum absolute atomic E-state index is 12.8. The molecule has 3 heterocycles. The lowest BCUT2D eigenvalue weighted by Crippen LogP contribution is -2.73. The molecule has 11 heteroatoms. The quantitative estimate of drug-likeness (QED) is 0.242. The molecular formula is C32H46O11. The predicted molar refractivity (Wildman–Crippen MR) is 147 cm³/mol. The average Bonchev–Trinajstić information content (AvgIpc) is 3.81. The van der Waals surface area contributed by atoms with Crippen LogP contribution in [0.25, 0.3) is 0 Å². The van der Waals surface area contributed by atoms with Crippen molar-refractivity contribution >= 4 is 17.9 Å². The summed E-state index contributed by atoms with van der Waals surface area (Å²) < 4.78 is 30.2. The summed E-state index contributed by atoms with van der Waals surface area (Å²) >= 11 is 0. The number of aliphatic hydroxyl groups is 3. The van der Waals surface area contributed by atoms with Crippen LogP contribution in [-0.4, -0.2) is 92.8 Å². The van der Waals surface area contributed by atoms with E-state index in [1.54, 1.807) is 0 Å². The highest BCUT2D eigenvalue weighted by molar-refractivity contribution is 5.81. The molecule has 3 saturated heterocycles. The molecule has 0 aromatic carbocycles. The summed E-state index contributed by atoms with van der Waals surface area (Å²) in [5.41, 5.74) is -6.34. The smallest absolute Gasteiger partial charge is 0.341 e. The van der Waals surface area contributed by atoms with Crippen molar-refractivity contribution < 1.29 is 53.4 Å². The van der Waals surface area contributed by atoms with Crippen molar-refractivity contribution in [2.45, 2.75) is 140 Å². The summed E-state index contributed by atoms with van der Waals surface area (Å²) in [6.07, 6.45) is -0.276. The molecule has 17 atom stereocenters. The fourth-order valence-electron chi connectivity index (χ4n) is 11.1. The van der Waals surface area contributed by atoms with Gasteiger partial charge in [-0.3, -0.25) is 9.59 Å². The zero-order valence-corrected chi connectivity index (χ0v) is 26.1. The van der Waals surface area contributed by atoms with Crippen molar-refractivity contribution in [3.8, 4) is 0 Å². The minimum Gasteiger partial charge on any atom is -0.462 e. The Bertz CT molecular complexity index is 1250. The van der Waals surface area contributed by atoms with E-state index in [4.69, 9.17) is 23.7 Å². The van der Waals surface area contributed by atoms with Crippen LogP contribution in [0.4, 0.5) is 0 Å². The molecule has 7 fully saturated rings. The summed E-state index contributed by atoms with van der Waals surface area (Å²) in [7, 11) is 0. The van der Waals surface area contributed by atoms with E-state index in [0.29, 0.717) is 12.8 Å². The molecule has 0 aromatic rings. The van der Waals surface area contributed by atoms with Gasteiger partial charge in [-0.2, -0.15) is 0 Å². The van der Waals surface area contributed by atoms with Gasteiger partial charge in [-0.25, -0.2) is 4.79 Å². The number of hydrogen-bond acceptors (Lipinski definition) is 11. The van der Waals surface area contributed by atoms with Gasteiger partial charge in [0, 0.05) is 37.5 Å². The second-order valence-electron chi connectivity index (χ2n) is 15.6. The molecule has 7 aliphatic rings. The van der Waals surface area contributed by atoms with E-state index in [-0.39, 0.29) is 54.3 Å². The molecule has 7 rings (SSSR count). The Hall–Kier alpha value is -1.79. The van der Waals surface area contributed by atoms with Crippen LogP contribution in [0, 0.1) is 40.4 Å². The number of carbonyl (C=O) groups is 3.